The van der Waals surface area contributed by atoms with Crippen LogP contribution in [-0.4, -0.2) is 19.1 Å². The third kappa shape index (κ3) is 4.42. The Labute approximate surface area is 117 Å². The number of benzene rings is 1. The maximum absolute atomic E-state index is 12.0. The smallest absolute Gasteiger partial charge is 0.327 e. The number of halogens is 1. The van der Waals surface area contributed by atoms with Crippen LogP contribution in [-0.2, 0) is 9.53 Å². The summed E-state index contributed by atoms with van der Waals surface area (Å²) in [5.74, 6) is 0.245. The summed E-state index contributed by atoms with van der Waals surface area (Å²) in [7, 11) is 0. The fourth-order valence-corrected chi connectivity index (χ4v) is 2.12. The van der Waals surface area contributed by atoms with Crippen molar-refractivity contribution in [2.45, 2.75) is 26.8 Å². The molecular formula is C14H20BrNO2. The minimum Gasteiger partial charge on any atom is -0.465 e. The van der Waals surface area contributed by atoms with Gasteiger partial charge >= 0.3 is 5.97 Å². The van der Waals surface area contributed by atoms with Gasteiger partial charge in [0.1, 0.15) is 6.04 Å². The van der Waals surface area contributed by atoms with Crippen LogP contribution in [0.1, 0.15) is 32.4 Å². The second kappa shape index (κ2) is 7.54. The second-order valence-electron chi connectivity index (χ2n) is 4.51. The van der Waals surface area contributed by atoms with E-state index < -0.39 is 6.04 Å². The molecule has 1 aromatic carbocycles. The molecule has 18 heavy (non-hydrogen) atoms. The first-order chi connectivity index (χ1) is 8.56. The maximum atomic E-state index is 12.0. The molecule has 3 nitrogen and oxygen atoms in total. The molecule has 1 rings (SSSR count). The van der Waals surface area contributed by atoms with E-state index in [0.717, 1.165) is 16.6 Å². The van der Waals surface area contributed by atoms with Gasteiger partial charge < -0.3 is 10.1 Å². The highest BCUT2D eigenvalue weighted by atomic mass is 79.9. The Morgan fingerprint density at radius 1 is 1.39 bits per heavy atom. The minimum atomic E-state index is -0.414. The Morgan fingerprint density at radius 3 is 2.61 bits per heavy atom. The van der Waals surface area contributed by atoms with E-state index in [9.17, 15) is 4.79 Å². The average Bonchev–Trinajstić information content (AvgIpc) is 2.31. The number of ether oxygens (including phenoxy) is 1. The Morgan fingerprint density at radius 2 is 2.06 bits per heavy atom. The fourth-order valence-electron chi connectivity index (χ4n) is 1.61. The van der Waals surface area contributed by atoms with Crippen LogP contribution in [0.4, 0.5) is 0 Å². The summed E-state index contributed by atoms with van der Waals surface area (Å²) in [4.78, 5) is 12.0. The van der Waals surface area contributed by atoms with Gasteiger partial charge in [-0.3, -0.25) is 0 Å². The van der Waals surface area contributed by atoms with Crippen molar-refractivity contribution >= 4 is 21.9 Å². The average molecular weight is 314 g/mol. The van der Waals surface area contributed by atoms with Crippen molar-refractivity contribution in [1.82, 2.24) is 5.32 Å². The largest absolute Gasteiger partial charge is 0.465 e. The molecule has 0 bridgehead atoms. The summed E-state index contributed by atoms with van der Waals surface area (Å²) in [6, 6.07) is 7.29. The number of carbonyl (C=O) groups is 1. The third-order valence-corrected chi connectivity index (χ3v) is 3.19. The molecule has 0 aromatic heterocycles. The van der Waals surface area contributed by atoms with Crippen molar-refractivity contribution < 1.29 is 9.53 Å². The molecule has 0 radical (unpaired) electrons. The molecule has 0 spiro atoms. The van der Waals surface area contributed by atoms with E-state index in [4.69, 9.17) is 4.74 Å². The molecular weight excluding hydrogens is 294 g/mol. The van der Waals surface area contributed by atoms with E-state index in [-0.39, 0.29) is 5.97 Å². The highest BCUT2D eigenvalue weighted by Crippen LogP contribution is 2.24. The van der Waals surface area contributed by atoms with Gasteiger partial charge in [-0.2, -0.15) is 0 Å². The van der Waals surface area contributed by atoms with E-state index in [2.05, 4.69) is 35.1 Å². The zero-order valence-corrected chi connectivity index (χ0v) is 12.7. The van der Waals surface area contributed by atoms with Crippen LogP contribution in [0, 0.1) is 5.92 Å². The van der Waals surface area contributed by atoms with Crippen molar-refractivity contribution in [3.05, 3.63) is 34.3 Å². The highest BCUT2D eigenvalue weighted by molar-refractivity contribution is 9.10. The zero-order valence-electron chi connectivity index (χ0n) is 11.1. The number of nitrogens with one attached hydrogen (secondary N) is 1. The van der Waals surface area contributed by atoms with E-state index >= 15 is 0 Å². The Balaban J connectivity index is 2.89. The highest BCUT2D eigenvalue weighted by Gasteiger charge is 2.23. The molecule has 4 heteroatoms. The normalized spacial score (nSPS) is 12.5. The van der Waals surface area contributed by atoms with Gasteiger partial charge in [0.2, 0.25) is 0 Å². The quantitative estimate of drug-likeness (QED) is 0.819. The maximum Gasteiger partial charge on any atom is 0.327 e. The van der Waals surface area contributed by atoms with Gasteiger partial charge in [0.25, 0.3) is 0 Å². The lowest BCUT2D eigenvalue weighted by Crippen LogP contribution is -2.33. The van der Waals surface area contributed by atoms with Gasteiger partial charge in [0.15, 0.2) is 0 Å². The number of rotatable bonds is 6. The van der Waals surface area contributed by atoms with Crippen molar-refractivity contribution in [2.24, 2.45) is 5.92 Å². The summed E-state index contributed by atoms with van der Waals surface area (Å²) in [5, 5.41) is 3.26. The first kappa shape index (κ1) is 15.2. The number of hydrogen-bond donors (Lipinski definition) is 1. The van der Waals surface area contributed by atoms with E-state index in [1.54, 1.807) is 0 Å². The van der Waals surface area contributed by atoms with Crippen LogP contribution in [0.15, 0.2) is 28.7 Å². The molecule has 0 aliphatic rings. The van der Waals surface area contributed by atoms with Gasteiger partial charge in [0.05, 0.1) is 6.61 Å². The molecule has 0 amide bonds. The van der Waals surface area contributed by atoms with Gasteiger partial charge in [-0.05, 0) is 31.0 Å². The van der Waals surface area contributed by atoms with Crippen LogP contribution >= 0.6 is 15.9 Å². The first-order valence-electron chi connectivity index (χ1n) is 6.20. The molecule has 1 aromatic rings. The second-order valence-corrected chi connectivity index (χ2v) is 5.36. The van der Waals surface area contributed by atoms with Crippen molar-refractivity contribution in [2.75, 3.05) is 13.2 Å². The van der Waals surface area contributed by atoms with E-state index in [0.29, 0.717) is 12.5 Å². The van der Waals surface area contributed by atoms with Gasteiger partial charge in [-0.1, -0.05) is 48.0 Å². The standard InChI is InChI=1S/C14H20BrNO2/c1-4-18-14(17)13(16-9-10(2)3)11-7-5-6-8-12(11)15/h5-8,10,13,16H,4,9H2,1-3H3. The topological polar surface area (TPSA) is 38.3 Å². The Bertz CT molecular complexity index is 393. The lowest BCUT2D eigenvalue weighted by Gasteiger charge is -2.20. The van der Waals surface area contributed by atoms with Crippen LogP contribution in [0.5, 0.6) is 0 Å². The molecule has 1 atom stereocenters. The molecule has 0 fully saturated rings. The lowest BCUT2D eigenvalue weighted by molar-refractivity contribution is -0.145. The monoisotopic (exact) mass is 313 g/mol. The van der Waals surface area contributed by atoms with E-state index in [1.807, 2.05) is 31.2 Å². The van der Waals surface area contributed by atoms with Gasteiger partial charge in [0, 0.05) is 4.47 Å². The summed E-state index contributed by atoms with van der Waals surface area (Å²) in [6.45, 7) is 7.19. The fraction of sp³-hybridized carbons (Fsp3) is 0.500. The Hall–Kier alpha value is -0.870. The molecule has 1 N–H and O–H groups in total. The van der Waals surface area contributed by atoms with Crippen LogP contribution in [0.3, 0.4) is 0 Å². The molecule has 1 unspecified atom stereocenters. The summed E-state index contributed by atoms with van der Waals surface area (Å²) in [5.41, 5.74) is 0.914. The SMILES string of the molecule is CCOC(=O)C(NCC(C)C)c1ccccc1Br. The van der Waals surface area contributed by atoms with Gasteiger partial charge in [-0.25, -0.2) is 4.79 Å². The first-order valence-corrected chi connectivity index (χ1v) is 7.00. The molecule has 0 aliphatic carbocycles. The summed E-state index contributed by atoms with van der Waals surface area (Å²) < 4.78 is 6.04. The van der Waals surface area contributed by atoms with Crippen molar-refractivity contribution in [3.8, 4) is 0 Å². The third-order valence-electron chi connectivity index (χ3n) is 2.47. The van der Waals surface area contributed by atoms with Crippen LogP contribution in [0.25, 0.3) is 0 Å². The number of esters is 1. The zero-order chi connectivity index (χ0) is 13.5. The van der Waals surface area contributed by atoms with Crippen molar-refractivity contribution in [1.29, 1.82) is 0 Å². The summed E-state index contributed by atoms with van der Waals surface area (Å²) >= 11 is 3.48. The molecule has 0 heterocycles. The molecule has 0 saturated carbocycles. The minimum absolute atomic E-state index is 0.231. The van der Waals surface area contributed by atoms with Crippen molar-refractivity contribution in [3.63, 3.8) is 0 Å². The van der Waals surface area contributed by atoms with Crippen LogP contribution in [0.2, 0.25) is 0 Å². The summed E-state index contributed by atoms with van der Waals surface area (Å²) in [6.07, 6.45) is 0. The molecule has 0 aliphatic heterocycles. The predicted octanol–water partition coefficient (Wildman–Crippen LogP) is 3.30. The number of hydrogen-bond acceptors (Lipinski definition) is 3. The van der Waals surface area contributed by atoms with E-state index in [1.165, 1.54) is 0 Å². The van der Waals surface area contributed by atoms with Crippen LogP contribution < -0.4 is 5.32 Å². The number of carbonyl (C=O) groups excluding carboxylic acids is 1. The predicted molar refractivity (Wildman–Crippen MR) is 76.4 cm³/mol. The molecule has 0 saturated heterocycles. The lowest BCUT2D eigenvalue weighted by atomic mass is 10.1. The molecule has 100 valence electrons. The Kier molecular flexibility index (Phi) is 6.36. The van der Waals surface area contributed by atoms with Gasteiger partial charge in [-0.15, -0.1) is 0 Å².